The quantitative estimate of drug-likeness (QED) is 0.792. The van der Waals surface area contributed by atoms with Crippen LogP contribution in [0.2, 0.25) is 0 Å². The number of fused-ring (bicyclic) bond motifs is 1. The number of thioether (sulfide) groups is 1. The Labute approximate surface area is 143 Å². The summed E-state index contributed by atoms with van der Waals surface area (Å²) in [6.07, 6.45) is 2.66. The van der Waals surface area contributed by atoms with E-state index in [1.807, 2.05) is 24.3 Å². The van der Waals surface area contributed by atoms with E-state index in [4.69, 9.17) is 0 Å². The molecule has 1 aliphatic rings. The summed E-state index contributed by atoms with van der Waals surface area (Å²) < 4.78 is 2.22. The van der Waals surface area contributed by atoms with Crippen LogP contribution in [0.1, 0.15) is 11.1 Å². The molecule has 1 aliphatic heterocycles. The van der Waals surface area contributed by atoms with Crippen molar-refractivity contribution in [3.8, 4) is 0 Å². The van der Waals surface area contributed by atoms with Gasteiger partial charge in [-0.15, -0.1) is 0 Å². The zero-order valence-electron chi connectivity index (χ0n) is 12.9. The van der Waals surface area contributed by atoms with Crippen molar-refractivity contribution in [1.82, 2.24) is 9.88 Å². The van der Waals surface area contributed by atoms with Crippen LogP contribution in [0.3, 0.4) is 0 Å². The number of amides is 2. The Morgan fingerprint density at radius 3 is 2.58 bits per heavy atom. The summed E-state index contributed by atoms with van der Waals surface area (Å²) in [5.74, 6) is -0.188. The summed E-state index contributed by atoms with van der Waals surface area (Å²) >= 11 is 1.08. The van der Waals surface area contributed by atoms with Gasteiger partial charge in [-0.05, 0) is 41.1 Å². The molecular formula is C19H16N2O2S. The third-order valence-corrected chi connectivity index (χ3v) is 5.20. The monoisotopic (exact) mass is 336 g/mol. The van der Waals surface area contributed by atoms with E-state index in [0.717, 1.165) is 29.3 Å². The minimum absolute atomic E-state index is 0.188. The highest BCUT2D eigenvalue weighted by atomic mass is 32.2. The van der Waals surface area contributed by atoms with Gasteiger partial charge in [0.05, 0.1) is 5.25 Å². The number of benzene rings is 2. The number of aromatic nitrogens is 1. The number of hydrogen-bond acceptors (Lipinski definition) is 3. The third-order valence-electron chi connectivity index (χ3n) is 4.22. The maximum atomic E-state index is 11.7. The second-order valence-electron chi connectivity index (χ2n) is 5.91. The average molecular weight is 336 g/mol. The number of nitrogens with zero attached hydrogens (tertiary/aromatic N) is 1. The number of hydrogen-bond donors (Lipinski definition) is 1. The zero-order chi connectivity index (χ0) is 16.5. The molecule has 1 fully saturated rings. The lowest BCUT2D eigenvalue weighted by atomic mass is 10.1. The van der Waals surface area contributed by atoms with Crippen LogP contribution in [-0.2, 0) is 17.8 Å². The van der Waals surface area contributed by atoms with E-state index in [9.17, 15) is 9.59 Å². The van der Waals surface area contributed by atoms with Crippen LogP contribution >= 0.6 is 11.8 Å². The summed E-state index contributed by atoms with van der Waals surface area (Å²) in [5, 5.41) is 2.92. The largest absolute Gasteiger partial charge is 0.343 e. The molecule has 0 bridgehead atoms. The molecule has 3 aromatic rings. The number of carbonyl (C=O) groups excluding carboxylic acids is 2. The van der Waals surface area contributed by atoms with Gasteiger partial charge in [0.1, 0.15) is 0 Å². The van der Waals surface area contributed by atoms with Gasteiger partial charge in [0, 0.05) is 18.3 Å². The predicted molar refractivity (Wildman–Crippen MR) is 96.1 cm³/mol. The maximum absolute atomic E-state index is 11.7. The van der Waals surface area contributed by atoms with Crippen LogP contribution in [0, 0.1) is 0 Å². The average Bonchev–Trinajstić information content (AvgIpc) is 3.11. The van der Waals surface area contributed by atoms with Crippen molar-refractivity contribution in [2.45, 2.75) is 18.2 Å². The van der Waals surface area contributed by atoms with Crippen molar-refractivity contribution < 1.29 is 9.59 Å². The first-order valence-corrected chi connectivity index (χ1v) is 8.70. The molecule has 1 unspecified atom stereocenters. The van der Waals surface area contributed by atoms with E-state index >= 15 is 0 Å². The first-order chi connectivity index (χ1) is 11.7. The van der Waals surface area contributed by atoms with Crippen LogP contribution in [0.15, 0.2) is 60.8 Å². The lowest BCUT2D eigenvalue weighted by Crippen LogP contribution is -2.25. The highest BCUT2D eigenvalue weighted by molar-refractivity contribution is 8.15. The molecule has 24 heavy (non-hydrogen) atoms. The summed E-state index contributed by atoms with van der Waals surface area (Å²) in [4.78, 5) is 23.0. The smallest absolute Gasteiger partial charge is 0.286 e. The molecule has 1 N–H and O–H groups in total. The van der Waals surface area contributed by atoms with Crippen molar-refractivity contribution >= 4 is 33.8 Å². The molecule has 4 rings (SSSR count). The Kier molecular flexibility index (Phi) is 3.86. The number of imide groups is 1. The lowest BCUT2D eigenvalue weighted by molar-refractivity contribution is -0.118. The molecule has 0 radical (unpaired) electrons. The van der Waals surface area contributed by atoms with Gasteiger partial charge >= 0.3 is 0 Å². The zero-order valence-corrected chi connectivity index (χ0v) is 13.8. The van der Waals surface area contributed by atoms with Crippen molar-refractivity contribution in [1.29, 1.82) is 0 Å². The maximum Gasteiger partial charge on any atom is 0.286 e. The molecule has 0 saturated carbocycles. The fourth-order valence-electron chi connectivity index (χ4n) is 3.04. The highest BCUT2D eigenvalue weighted by Crippen LogP contribution is 2.25. The molecule has 120 valence electrons. The van der Waals surface area contributed by atoms with E-state index in [1.54, 1.807) is 0 Å². The normalized spacial score (nSPS) is 17.4. The van der Waals surface area contributed by atoms with E-state index in [2.05, 4.69) is 46.4 Å². The van der Waals surface area contributed by atoms with Gasteiger partial charge in [-0.1, -0.05) is 48.2 Å². The molecule has 1 aromatic heterocycles. The second kappa shape index (κ2) is 6.17. The van der Waals surface area contributed by atoms with Crippen molar-refractivity contribution in [3.05, 3.63) is 71.9 Å². The first kappa shape index (κ1) is 15.0. The molecule has 0 spiro atoms. The number of carbonyl (C=O) groups is 2. The fourth-order valence-corrected chi connectivity index (χ4v) is 3.90. The van der Waals surface area contributed by atoms with Crippen LogP contribution in [0.4, 0.5) is 4.79 Å². The molecule has 2 amide bonds. The van der Waals surface area contributed by atoms with E-state index in [-0.39, 0.29) is 16.4 Å². The van der Waals surface area contributed by atoms with E-state index < -0.39 is 0 Å². The van der Waals surface area contributed by atoms with E-state index in [0.29, 0.717) is 6.42 Å². The Morgan fingerprint density at radius 2 is 1.83 bits per heavy atom. The summed E-state index contributed by atoms with van der Waals surface area (Å²) in [7, 11) is 0. The lowest BCUT2D eigenvalue weighted by Gasteiger charge is -2.08. The third kappa shape index (κ3) is 2.95. The number of nitrogens with one attached hydrogen (secondary N) is 1. The number of rotatable bonds is 4. The SMILES string of the molecule is O=C1NC(=O)C(Cc2ccc3c(ccn3Cc3ccccc3)c2)S1. The van der Waals surface area contributed by atoms with Crippen LogP contribution in [0.5, 0.6) is 0 Å². The predicted octanol–water partition coefficient (Wildman–Crippen LogP) is 3.58. The summed E-state index contributed by atoms with van der Waals surface area (Å²) in [5.41, 5.74) is 3.50. The molecule has 5 heteroatoms. The van der Waals surface area contributed by atoms with Gasteiger partial charge in [-0.2, -0.15) is 0 Å². The van der Waals surface area contributed by atoms with Gasteiger partial charge in [0.2, 0.25) is 5.91 Å². The van der Waals surface area contributed by atoms with Gasteiger partial charge in [0.15, 0.2) is 0 Å². The molecule has 2 heterocycles. The summed E-state index contributed by atoms with van der Waals surface area (Å²) in [6, 6.07) is 18.7. The Bertz CT molecular complexity index is 918. The molecule has 1 saturated heterocycles. The van der Waals surface area contributed by atoms with Crippen molar-refractivity contribution in [2.24, 2.45) is 0 Å². The second-order valence-corrected chi connectivity index (χ2v) is 7.09. The molecule has 2 aromatic carbocycles. The van der Waals surface area contributed by atoms with E-state index in [1.165, 1.54) is 11.1 Å². The standard InChI is InChI=1S/C19H16N2O2S/c22-18-17(24-19(23)20-18)11-14-6-7-16-15(10-14)8-9-21(16)12-13-4-2-1-3-5-13/h1-10,17H,11-12H2,(H,20,22,23). The highest BCUT2D eigenvalue weighted by Gasteiger charge is 2.31. The molecule has 0 aliphatic carbocycles. The molecule has 4 nitrogen and oxygen atoms in total. The van der Waals surface area contributed by atoms with Gasteiger partial charge < -0.3 is 4.57 Å². The van der Waals surface area contributed by atoms with Crippen LogP contribution < -0.4 is 5.32 Å². The Hall–Kier alpha value is -2.53. The van der Waals surface area contributed by atoms with Crippen LogP contribution in [-0.4, -0.2) is 21.0 Å². The van der Waals surface area contributed by atoms with Gasteiger partial charge in [0.25, 0.3) is 5.24 Å². The first-order valence-electron chi connectivity index (χ1n) is 7.82. The Morgan fingerprint density at radius 1 is 1.00 bits per heavy atom. The van der Waals surface area contributed by atoms with Gasteiger partial charge in [-0.3, -0.25) is 14.9 Å². The Balaban J connectivity index is 1.56. The minimum Gasteiger partial charge on any atom is -0.343 e. The van der Waals surface area contributed by atoms with Crippen molar-refractivity contribution in [3.63, 3.8) is 0 Å². The topological polar surface area (TPSA) is 51.1 Å². The molecule has 1 atom stereocenters. The van der Waals surface area contributed by atoms with Crippen molar-refractivity contribution in [2.75, 3.05) is 0 Å². The fraction of sp³-hybridized carbons (Fsp3) is 0.158. The molecular weight excluding hydrogens is 320 g/mol. The summed E-state index contributed by atoms with van der Waals surface area (Å²) in [6.45, 7) is 0.832. The minimum atomic E-state index is -0.318. The van der Waals surface area contributed by atoms with Gasteiger partial charge in [-0.25, -0.2) is 0 Å². The van der Waals surface area contributed by atoms with Crippen LogP contribution in [0.25, 0.3) is 10.9 Å².